The first-order valence-electron chi connectivity index (χ1n) is 9.55. The fraction of sp³-hybridized carbons (Fsp3) is 0.579. The van der Waals surface area contributed by atoms with E-state index < -0.39 is 9.84 Å². The van der Waals surface area contributed by atoms with Crippen molar-refractivity contribution in [2.24, 2.45) is 10.9 Å². The Bertz CT molecular complexity index is 916. The summed E-state index contributed by atoms with van der Waals surface area (Å²) in [5.41, 5.74) is 0.698. The number of nitrogens with zero attached hydrogens (tertiary/aromatic N) is 2. The second kappa shape index (κ2) is 8.28. The average Bonchev–Trinajstić information content (AvgIpc) is 3.29. The Morgan fingerprint density at radius 2 is 2.04 bits per heavy atom. The minimum absolute atomic E-state index is 0.0618. The first-order valence-corrected chi connectivity index (χ1v) is 13.4. The molecule has 1 aromatic rings. The van der Waals surface area contributed by atoms with Crippen LogP contribution < -0.4 is 4.90 Å². The molecule has 2 saturated heterocycles. The third kappa shape index (κ3) is 4.45. The summed E-state index contributed by atoms with van der Waals surface area (Å²) >= 11 is 11.2. The Morgan fingerprint density at radius 1 is 1.29 bits per heavy atom. The first-order chi connectivity index (χ1) is 13.3. The second-order valence-corrected chi connectivity index (χ2v) is 12.4. The first kappa shape index (κ1) is 20.7. The summed E-state index contributed by atoms with van der Waals surface area (Å²) in [4.78, 5) is 18.8. The van der Waals surface area contributed by atoms with Gasteiger partial charge in [-0.15, -0.1) is 0 Å². The van der Waals surface area contributed by atoms with E-state index in [-0.39, 0.29) is 28.7 Å². The van der Waals surface area contributed by atoms with Gasteiger partial charge in [0.2, 0.25) is 5.91 Å². The van der Waals surface area contributed by atoms with Gasteiger partial charge >= 0.3 is 0 Å². The molecule has 9 heteroatoms. The van der Waals surface area contributed by atoms with Crippen LogP contribution in [0.1, 0.15) is 38.5 Å². The van der Waals surface area contributed by atoms with Crippen molar-refractivity contribution in [3.05, 3.63) is 27.7 Å². The van der Waals surface area contributed by atoms with Crippen molar-refractivity contribution < 1.29 is 13.2 Å². The normalized spacial score (nSPS) is 28.2. The standard InChI is InChI=1S/C19H22BrClN2O3S2/c20-13-6-7-15(14(21)9-13)23-16-10-28(25,26)11-17(16)27-19(23)22-18(24)8-5-12-3-1-2-4-12/h6-7,9,12,16-17H,1-5,8,10-11H2/t16-,17+/m1/s1. The van der Waals surface area contributed by atoms with Gasteiger partial charge in [-0.05, 0) is 30.5 Å². The molecule has 4 rings (SSSR count). The van der Waals surface area contributed by atoms with E-state index in [1.54, 1.807) is 6.07 Å². The number of aliphatic imine (C=N–C) groups is 1. The topological polar surface area (TPSA) is 66.8 Å². The molecule has 3 fully saturated rings. The van der Waals surface area contributed by atoms with E-state index in [0.29, 0.717) is 28.2 Å². The average molecular weight is 506 g/mol. The number of amides is 1. The molecule has 2 aliphatic heterocycles. The molecule has 1 aromatic carbocycles. The molecule has 0 spiro atoms. The molecule has 2 heterocycles. The van der Waals surface area contributed by atoms with Crippen LogP contribution in [0.25, 0.3) is 0 Å². The van der Waals surface area contributed by atoms with Crippen LogP contribution in [0.4, 0.5) is 5.69 Å². The summed E-state index contributed by atoms with van der Waals surface area (Å²) in [5, 5.41) is 0.961. The summed E-state index contributed by atoms with van der Waals surface area (Å²) in [6, 6.07) is 5.24. The van der Waals surface area contributed by atoms with E-state index in [2.05, 4.69) is 20.9 Å². The van der Waals surface area contributed by atoms with Gasteiger partial charge in [0.15, 0.2) is 15.0 Å². The molecule has 0 N–H and O–H groups in total. The summed E-state index contributed by atoms with van der Waals surface area (Å²) in [5.74, 6) is 0.687. The predicted octanol–water partition coefficient (Wildman–Crippen LogP) is 4.67. The number of hydrogen-bond donors (Lipinski definition) is 0. The van der Waals surface area contributed by atoms with Crippen molar-refractivity contribution in [3.8, 4) is 0 Å². The molecule has 28 heavy (non-hydrogen) atoms. The molecule has 1 amide bonds. The van der Waals surface area contributed by atoms with E-state index in [4.69, 9.17) is 11.6 Å². The SMILES string of the molecule is O=C(CCC1CCCC1)N=C1S[C@H]2CS(=O)(=O)C[C@H]2N1c1ccc(Br)cc1Cl. The highest BCUT2D eigenvalue weighted by molar-refractivity contribution is 9.10. The zero-order chi connectivity index (χ0) is 19.9. The Balaban J connectivity index is 1.58. The third-order valence-electron chi connectivity index (χ3n) is 5.70. The summed E-state index contributed by atoms with van der Waals surface area (Å²) in [7, 11) is -3.10. The second-order valence-electron chi connectivity index (χ2n) is 7.74. The maximum absolute atomic E-state index is 12.5. The monoisotopic (exact) mass is 504 g/mol. The highest BCUT2D eigenvalue weighted by Gasteiger charge is 2.49. The van der Waals surface area contributed by atoms with Crippen molar-refractivity contribution in [2.45, 2.75) is 49.8 Å². The van der Waals surface area contributed by atoms with Crippen molar-refractivity contribution in [2.75, 3.05) is 16.4 Å². The molecule has 5 nitrogen and oxygen atoms in total. The van der Waals surface area contributed by atoms with Crippen LogP contribution >= 0.6 is 39.3 Å². The number of fused-ring (bicyclic) bond motifs is 1. The van der Waals surface area contributed by atoms with Gasteiger partial charge < -0.3 is 4.90 Å². The van der Waals surface area contributed by atoms with Gasteiger partial charge in [0.05, 0.1) is 28.3 Å². The lowest BCUT2D eigenvalue weighted by molar-refractivity contribution is -0.118. The highest BCUT2D eigenvalue weighted by Crippen LogP contribution is 2.43. The van der Waals surface area contributed by atoms with Crippen LogP contribution in [0.15, 0.2) is 27.7 Å². The molecule has 2 atom stereocenters. The van der Waals surface area contributed by atoms with Gasteiger partial charge in [-0.25, -0.2) is 8.42 Å². The van der Waals surface area contributed by atoms with Gasteiger partial charge in [-0.3, -0.25) is 4.79 Å². The molecule has 1 saturated carbocycles. The lowest BCUT2D eigenvalue weighted by atomic mass is 10.0. The molecule has 1 aliphatic carbocycles. The zero-order valence-electron chi connectivity index (χ0n) is 15.3. The maximum Gasteiger partial charge on any atom is 0.248 e. The number of halogens is 2. The quantitative estimate of drug-likeness (QED) is 0.595. The number of rotatable bonds is 4. The summed E-state index contributed by atoms with van der Waals surface area (Å²) < 4.78 is 25.1. The minimum Gasteiger partial charge on any atom is -0.314 e. The maximum atomic E-state index is 12.5. The number of carbonyl (C=O) groups is 1. The van der Waals surface area contributed by atoms with Crippen LogP contribution in [0.5, 0.6) is 0 Å². The molecule has 0 unspecified atom stereocenters. The molecular formula is C19H22BrClN2O3S2. The molecule has 3 aliphatic rings. The Hall–Kier alpha value is -0.570. The molecule has 0 aromatic heterocycles. The summed E-state index contributed by atoms with van der Waals surface area (Å²) in [6.45, 7) is 0. The van der Waals surface area contributed by atoms with E-state index in [1.165, 1.54) is 37.4 Å². The van der Waals surface area contributed by atoms with Crippen LogP contribution in [-0.2, 0) is 14.6 Å². The van der Waals surface area contributed by atoms with Gasteiger partial charge in [0.25, 0.3) is 0 Å². The largest absolute Gasteiger partial charge is 0.314 e. The number of anilines is 1. The van der Waals surface area contributed by atoms with Gasteiger partial charge in [-0.2, -0.15) is 4.99 Å². The molecule has 0 radical (unpaired) electrons. The smallest absolute Gasteiger partial charge is 0.248 e. The minimum atomic E-state index is -3.10. The highest BCUT2D eigenvalue weighted by atomic mass is 79.9. The van der Waals surface area contributed by atoms with Crippen molar-refractivity contribution in [3.63, 3.8) is 0 Å². The van der Waals surface area contributed by atoms with E-state index in [0.717, 1.165) is 10.9 Å². The van der Waals surface area contributed by atoms with Crippen molar-refractivity contribution in [1.29, 1.82) is 0 Å². The molecular weight excluding hydrogens is 484 g/mol. The van der Waals surface area contributed by atoms with E-state index in [9.17, 15) is 13.2 Å². The number of amidine groups is 1. The van der Waals surface area contributed by atoms with Crippen LogP contribution in [0.3, 0.4) is 0 Å². The van der Waals surface area contributed by atoms with Crippen molar-refractivity contribution in [1.82, 2.24) is 0 Å². The Kier molecular flexibility index (Phi) is 6.12. The molecule has 152 valence electrons. The van der Waals surface area contributed by atoms with Crippen molar-refractivity contribution >= 4 is 65.9 Å². The van der Waals surface area contributed by atoms with Crippen LogP contribution in [-0.4, -0.2) is 42.3 Å². The van der Waals surface area contributed by atoms with Gasteiger partial charge in [-0.1, -0.05) is 65.0 Å². The zero-order valence-corrected chi connectivity index (χ0v) is 19.3. The number of sulfone groups is 1. The number of hydrogen-bond acceptors (Lipinski definition) is 4. The summed E-state index contributed by atoms with van der Waals surface area (Å²) in [6.07, 6.45) is 6.28. The van der Waals surface area contributed by atoms with Gasteiger partial charge in [0.1, 0.15) is 0 Å². The Labute approximate surface area is 183 Å². The Morgan fingerprint density at radius 3 is 2.75 bits per heavy atom. The lowest BCUT2D eigenvalue weighted by Crippen LogP contribution is -2.37. The molecule has 0 bridgehead atoms. The van der Waals surface area contributed by atoms with Crippen LogP contribution in [0.2, 0.25) is 5.02 Å². The number of thioether (sulfide) groups is 1. The van der Waals surface area contributed by atoms with Gasteiger partial charge in [0, 0.05) is 16.1 Å². The number of benzene rings is 1. The predicted molar refractivity (Wildman–Crippen MR) is 119 cm³/mol. The van der Waals surface area contributed by atoms with E-state index in [1.807, 2.05) is 17.0 Å². The van der Waals surface area contributed by atoms with E-state index >= 15 is 0 Å². The fourth-order valence-corrected chi connectivity index (χ4v) is 9.00. The fourth-order valence-electron chi connectivity index (χ4n) is 4.31. The lowest BCUT2D eigenvalue weighted by Gasteiger charge is -2.25. The van der Waals surface area contributed by atoms with Crippen LogP contribution in [0, 0.1) is 5.92 Å². The third-order valence-corrected chi connectivity index (χ3v) is 9.70. The number of carbonyl (C=O) groups excluding carboxylic acids is 1.